The predicted octanol–water partition coefficient (Wildman–Crippen LogP) is 5.28. The Morgan fingerprint density at radius 1 is 0.641 bits per heavy atom. The maximum absolute atomic E-state index is 13.1. The van der Waals surface area contributed by atoms with E-state index in [0.717, 1.165) is 0 Å². The average molecular weight is 552 g/mol. The van der Waals surface area contributed by atoms with Crippen molar-refractivity contribution >= 4 is 24.1 Å². The standard InChI is InChI=1S/C29H45NO9/c1-16(2)17(3)36-26(34)37-19(5)18(4)35-25(33)29(12,30)20-13-14-21(38-23(31)27(6,7)8)22(15-20)39-24(32)28(9,10)11/h13-19H,30H2,1-12H3/t17?,18-,19-,29-/m0/s1. The molecular weight excluding hydrogens is 506 g/mol. The third kappa shape index (κ3) is 9.84. The van der Waals surface area contributed by atoms with Crippen molar-refractivity contribution in [1.29, 1.82) is 0 Å². The molecule has 39 heavy (non-hydrogen) atoms. The van der Waals surface area contributed by atoms with Gasteiger partial charge in [-0.15, -0.1) is 0 Å². The van der Waals surface area contributed by atoms with Gasteiger partial charge in [0.25, 0.3) is 0 Å². The van der Waals surface area contributed by atoms with Gasteiger partial charge < -0.3 is 29.4 Å². The van der Waals surface area contributed by atoms with Gasteiger partial charge in [-0.05, 0) is 92.9 Å². The second-order valence-corrected chi connectivity index (χ2v) is 12.4. The zero-order chi connectivity index (χ0) is 30.5. The topological polar surface area (TPSA) is 140 Å². The molecule has 0 aliphatic carbocycles. The van der Waals surface area contributed by atoms with Crippen molar-refractivity contribution in [3.05, 3.63) is 23.8 Å². The lowest BCUT2D eigenvalue weighted by Crippen LogP contribution is -2.46. The molecule has 1 rings (SSSR count). The van der Waals surface area contributed by atoms with Crippen molar-refractivity contribution in [2.45, 2.75) is 107 Å². The fourth-order valence-corrected chi connectivity index (χ4v) is 2.57. The number of rotatable bonds is 9. The number of benzene rings is 1. The fourth-order valence-electron chi connectivity index (χ4n) is 2.57. The number of carbonyl (C=O) groups is 4. The lowest BCUT2D eigenvalue weighted by molar-refractivity contribution is -0.160. The molecule has 1 aromatic carbocycles. The minimum Gasteiger partial charge on any atom is -0.457 e. The van der Waals surface area contributed by atoms with Gasteiger partial charge in [0.15, 0.2) is 11.5 Å². The third-order valence-corrected chi connectivity index (χ3v) is 6.05. The molecule has 1 unspecified atom stereocenters. The van der Waals surface area contributed by atoms with E-state index in [4.69, 9.17) is 29.4 Å². The minimum atomic E-state index is -1.70. The molecule has 2 N–H and O–H groups in total. The number of nitrogens with two attached hydrogens (primary N) is 1. The van der Waals surface area contributed by atoms with Crippen LogP contribution in [0.2, 0.25) is 0 Å². The van der Waals surface area contributed by atoms with Crippen LogP contribution in [-0.2, 0) is 34.1 Å². The molecular formula is C29H45NO9. The van der Waals surface area contributed by atoms with Crippen LogP contribution in [0.4, 0.5) is 4.79 Å². The predicted molar refractivity (Wildman–Crippen MR) is 145 cm³/mol. The zero-order valence-corrected chi connectivity index (χ0v) is 25.3. The summed E-state index contributed by atoms with van der Waals surface area (Å²) in [6.07, 6.45) is -2.89. The number of ether oxygens (including phenoxy) is 5. The molecule has 0 heterocycles. The normalized spacial score (nSPS) is 15.8. The first-order chi connectivity index (χ1) is 17.6. The van der Waals surface area contributed by atoms with Crippen molar-refractivity contribution in [2.24, 2.45) is 22.5 Å². The first-order valence-corrected chi connectivity index (χ1v) is 13.0. The molecule has 0 aliphatic heterocycles. The maximum Gasteiger partial charge on any atom is 0.508 e. The van der Waals surface area contributed by atoms with Crippen LogP contribution in [0.15, 0.2) is 18.2 Å². The van der Waals surface area contributed by atoms with Crippen LogP contribution in [0.25, 0.3) is 0 Å². The number of hydrogen-bond donors (Lipinski definition) is 1. The second-order valence-electron chi connectivity index (χ2n) is 12.4. The molecule has 0 radical (unpaired) electrons. The third-order valence-electron chi connectivity index (χ3n) is 6.05. The van der Waals surface area contributed by atoms with Gasteiger partial charge in [-0.3, -0.25) is 9.59 Å². The summed E-state index contributed by atoms with van der Waals surface area (Å²) < 4.78 is 27.0. The van der Waals surface area contributed by atoms with E-state index in [-0.39, 0.29) is 29.1 Å². The lowest BCUT2D eigenvalue weighted by Gasteiger charge is -2.28. The molecule has 0 aromatic heterocycles. The van der Waals surface area contributed by atoms with Crippen LogP contribution in [-0.4, -0.2) is 42.4 Å². The fraction of sp³-hybridized carbons (Fsp3) is 0.655. The van der Waals surface area contributed by atoms with E-state index in [1.807, 2.05) is 13.8 Å². The van der Waals surface area contributed by atoms with Gasteiger partial charge in [0.05, 0.1) is 10.8 Å². The van der Waals surface area contributed by atoms with E-state index in [9.17, 15) is 19.2 Å². The first kappa shape index (κ1) is 33.9. The summed E-state index contributed by atoms with van der Waals surface area (Å²) in [6.45, 7) is 20.2. The highest BCUT2D eigenvalue weighted by Crippen LogP contribution is 2.35. The molecule has 0 fully saturated rings. The van der Waals surface area contributed by atoms with Gasteiger partial charge in [-0.25, -0.2) is 9.59 Å². The van der Waals surface area contributed by atoms with Crippen molar-refractivity contribution in [2.75, 3.05) is 0 Å². The Labute approximate surface area is 231 Å². The summed E-state index contributed by atoms with van der Waals surface area (Å²) >= 11 is 0. The Hall–Kier alpha value is -3.14. The molecule has 0 bridgehead atoms. The highest BCUT2D eigenvalue weighted by molar-refractivity contribution is 5.84. The van der Waals surface area contributed by atoms with Gasteiger partial charge in [0.1, 0.15) is 23.9 Å². The maximum atomic E-state index is 13.1. The highest BCUT2D eigenvalue weighted by Gasteiger charge is 2.37. The second kappa shape index (κ2) is 12.8. The smallest absolute Gasteiger partial charge is 0.457 e. The Kier molecular flexibility index (Phi) is 11.1. The molecule has 0 spiro atoms. The number of hydrogen-bond acceptors (Lipinski definition) is 10. The zero-order valence-electron chi connectivity index (χ0n) is 25.3. The minimum absolute atomic E-state index is 0.00460. The molecule has 220 valence electrons. The van der Waals surface area contributed by atoms with Crippen molar-refractivity contribution in [3.8, 4) is 11.5 Å². The van der Waals surface area contributed by atoms with Crippen LogP contribution in [0.1, 0.15) is 88.6 Å². The van der Waals surface area contributed by atoms with Gasteiger partial charge in [-0.1, -0.05) is 19.9 Å². The summed E-state index contributed by atoms with van der Waals surface area (Å²) in [7, 11) is 0. The summed E-state index contributed by atoms with van der Waals surface area (Å²) in [6, 6.07) is 4.26. The molecule has 0 aliphatic rings. The van der Waals surface area contributed by atoms with Crippen LogP contribution in [0.5, 0.6) is 11.5 Å². The van der Waals surface area contributed by atoms with Gasteiger partial charge in [0.2, 0.25) is 0 Å². The molecule has 0 amide bonds. The van der Waals surface area contributed by atoms with Gasteiger partial charge >= 0.3 is 24.1 Å². The van der Waals surface area contributed by atoms with Crippen LogP contribution >= 0.6 is 0 Å². The largest absolute Gasteiger partial charge is 0.508 e. The number of carbonyl (C=O) groups excluding carboxylic acids is 4. The van der Waals surface area contributed by atoms with E-state index in [1.54, 1.807) is 62.3 Å². The Morgan fingerprint density at radius 3 is 1.54 bits per heavy atom. The lowest BCUT2D eigenvalue weighted by atomic mass is 9.92. The van der Waals surface area contributed by atoms with Gasteiger partial charge in [0, 0.05) is 0 Å². The summed E-state index contributed by atoms with van der Waals surface area (Å²) in [5.41, 5.74) is 3.25. The van der Waals surface area contributed by atoms with Gasteiger partial charge in [-0.2, -0.15) is 0 Å². The van der Waals surface area contributed by atoms with Crippen molar-refractivity contribution < 1.29 is 42.9 Å². The van der Waals surface area contributed by atoms with Crippen LogP contribution < -0.4 is 15.2 Å². The average Bonchev–Trinajstić information content (AvgIpc) is 2.78. The van der Waals surface area contributed by atoms with Crippen molar-refractivity contribution in [1.82, 2.24) is 0 Å². The van der Waals surface area contributed by atoms with E-state index in [0.29, 0.717) is 0 Å². The van der Waals surface area contributed by atoms with Crippen molar-refractivity contribution in [3.63, 3.8) is 0 Å². The Balaban J connectivity index is 3.17. The quantitative estimate of drug-likeness (QED) is 0.318. The van der Waals surface area contributed by atoms with E-state index < -0.39 is 52.6 Å². The molecule has 0 saturated heterocycles. The summed E-state index contributed by atoms with van der Waals surface area (Å²) in [5.74, 6) is -1.89. The van der Waals surface area contributed by atoms with E-state index in [2.05, 4.69) is 0 Å². The molecule has 1 aromatic rings. The molecule has 10 heteroatoms. The number of esters is 3. The molecule has 10 nitrogen and oxygen atoms in total. The van der Waals surface area contributed by atoms with E-state index >= 15 is 0 Å². The molecule has 0 saturated carbocycles. The van der Waals surface area contributed by atoms with Crippen LogP contribution in [0.3, 0.4) is 0 Å². The monoisotopic (exact) mass is 551 g/mol. The highest BCUT2D eigenvalue weighted by atomic mass is 16.7. The summed E-state index contributed by atoms with van der Waals surface area (Å²) in [4.78, 5) is 50.3. The van der Waals surface area contributed by atoms with E-state index in [1.165, 1.54) is 25.1 Å². The Bertz CT molecular complexity index is 1050. The summed E-state index contributed by atoms with van der Waals surface area (Å²) in [5, 5.41) is 0. The SMILES string of the molecule is CC(C)C(C)OC(=O)O[C@@H](C)[C@H](C)OC(=O)[C@@](C)(N)c1ccc(OC(=O)C(C)(C)C)c(OC(=O)C(C)(C)C)c1. The Morgan fingerprint density at radius 2 is 1.08 bits per heavy atom. The first-order valence-electron chi connectivity index (χ1n) is 13.0. The molecule has 4 atom stereocenters. The van der Waals surface area contributed by atoms with Crippen LogP contribution in [0, 0.1) is 16.7 Å².